The van der Waals surface area contributed by atoms with Crippen LogP contribution >= 0.6 is 0 Å². The number of aryl methyl sites for hydroxylation is 1. The fraction of sp³-hybridized carbons (Fsp3) is 0.333. The maximum atomic E-state index is 13.2. The maximum absolute atomic E-state index is 13.2. The van der Waals surface area contributed by atoms with Crippen molar-refractivity contribution in [2.45, 2.75) is 18.7 Å². The largest absolute Gasteiger partial charge is 0.368 e. The van der Waals surface area contributed by atoms with Crippen LogP contribution in [-0.4, -0.2) is 50.0 Å². The van der Waals surface area contributed by atoms with E-state index < -0.39 is 10.0 Å². The van der Waals surface area contributed by atoms with Gasteiger partial charge in [-0.05, 0) is 43.3 Å². The molecule has 0 bridgehead atoms. The highest BCUT2D eigenvalue weighted by atomic mass is 32.2. The van der Waals surface area contributed by atoms with E-state index in [1.54, 1.807) is 18.3 Å². The van der Waals surface area contributed by atoms with Gasteiger partial charge in [0.15, 0.2) is 0 Å². The van der Waals surface area contributed by atoms with E-state index in [1.165, 1.54) is 3.97 Å². The van der Waals surface area contributed by atoms with E-state index in [4.69, 9.17) is 0 Å². The lowest BCUT2D eigenvalue weighted by molar-refractivity contribution is 0.271. The van der Waals surface area contributed by atoms with E-state index in [0.29, 0.717) is 4.90 Å². The van der Waals surface area contributed by atoms with Gasteiger partial charge in [-0.1, -0.05) is 31.2 Å². The smallest absolute Gasteiger partial charge is 0.268 e. The van der Waals surface area contributed by atoms with Crippen LogP contribution in [0.3, 0.4) is 0 Å². The summed E-state index contributed by atoms with van der Waals surface area (Å²) < 4.78 is 27.9. The lowest BCUT2D eigenvalue weighted by Crippen LogP contribution is -2.46. The van der Waals surface area contributed by atoms with Gasteiger partial charge >= 0.3 is 0 Å². The zero-order valence-electron chi connectivity index (χ0n) is 15.8. The van der Waals surface area contributed by atoms with Crippen molar-refractivity contribution < 1.29 is 8.42 Å². The number of hydrogen-bond donors (Lipinski definition) is 0. The van der Waals surface area contributed by atoms with Gasteiger partial charge < -0.3 is 9.80 Å². The summed E-state index contributed by atoms with van der Waals surface area (Å²) >= 11 is 0. The predicted octanol–water partition coefficient (Wildman–Crippen LogP) is 3.33. The zero-order valence-corrected chi connectivity index (χ0v) is 16.6. The molecule has 0 aliphatic carbocycles. The van der Waals surface area contributed by atoms with Gasteiger partial charge in [0, 0.05) is 43.4 Å². The number of likely N-dealkylation sites (N-methyl/N-ethyl adjacent to an activating group) is 1. The molecule has 3 aromatic rings. The highest BCUT2D eigenvalue weighted by molar-refractivity contribution is 7.90. The summed E-state index contributed by atoms with van der Waals surface area (Å²) in [5, 5.41) is 0.986. The minimum Gasteiger partial charge on any atom is -0.368 e. The van der Waals surface area contributed by atoms with E-state index in [2.05, 4.69) is 22.8 Å². The average molecular weight is 384 g/mol. The van der Waals surface area contributed by atoms with Gasteiger partial charge in [0.05, 0.1) is 10.4 Å². The van der Waals surface area contributed by atoms with Crippen molar-refractivity contribution in [1.82, 2.24) is 8.87 Å². The quantitative estimate of drug-likeness (QED) is 0.693. The Balaban J connectivity index is 1.76. The Labute approximate surface area is 160 Å². The first-order chi connectivity index (χ1) is 13.0. The molecule has 0 N–H and O–H groups in total. The Morgan fingerprint density at radius 3 is 2.37 bits per heavy atom. The minimum absolute atomic E-state index is 0.351. The summed E-state index contributed by atoms with van der Waals surface area (Å²) in [4.78, 5) is 5.15. The highest BCUT2D eigenvalue weighted by Gasteiger charge is 2.23. The summed E-state index contributed by atoms with van der Waals surface area (Å²) in [6, 6.07) is 15.0. The number of hydrogen-bond acceptors (Lipinski definition) is 4. The second-order valence-corrected chi connectivity index (χ2v) is 8.80. The first-order valence-corrected chi connectivity index (χ1v) is 10.8. The Kier molecular flexibility index (Phi) is 4.70. The van der Waals surface area contributed by atoms with Crippen LogP contribution in [0.2, 0.25) is 0 Å². The first kappa shape index (κ1) is 18.1. The molecule has 2 heterocycles. The third kappa shape index (κ3) is 3.13. The Morgan fingerprint density at radius 1 is 0.926 bits per heavy atom. The van der Waals surface area contributed by atoms with Crippen LogP contribution in [0.5, 0.6) is 0 Å². The molecule has 0 saturated carbocycles. The van der Waals surface area contributed by atoms with E-state index in [1.807, 2.05) is 37.3 Å². The van der Waals surface area contributed by atoms with Crippen molar-refractivity contribution in [2.24, 2.45) is 0 Å². The van der Waals surface area contributed by atoms with Crippen molar-refractivity contribution in [2.75, 3.05) is 37.6 Å². The van der Waals surface area contributed by atoms with Crippen molar-refractivity contribution in [3.63, 3.8) is 0 Å². The fourth-order valence-corrected chi connectivity index (χ4v) is 5.45. The Morgan fingerprint density at radius 2 is 1.67 bits per heavy atom. The molecule has 1 aliphatic rings. The lowest BCUT2D eigenvalue weighted by atomic mass is 10.2. The molecule has 0 atom stereocenters. The van der Waals surface area contributed by atoms with Crippen LogP contribution in [0.1, 0.15) is 12.5 Å². The van der Waals surface area contributed by atoms with Crippen LogP contribution in [0.4, 0.5) is 5.69 Å². The summed E-state index contributed by atoms with van der Waals surface area (Å²) in [5.74, 6) is 0. The van der Waals surface area contributed by atoms with Crippen molar-refractivity contribution in [3.05, 3.63) is 60.3 Å². The van der Waals surface area contributed by atoms with Crippen molar-refractivity contribution >= 4 is 26.6 Å². The van der Waals surface area contributed by atoms with Crippen LogP contribution in [0.25, 0.3) is 10.9 Å². The molecular formula is C21H25N3O2S. The molecule has 0 radical (unpaired) electrons. The summed E-state index contributed by atoms with van der Waals surface area (Å²) in [5.41, 5.74) is 2.60. The normalized spacial score (nSPS) is 16.1. The summed E-state index contributed by atoms with van der Waals surface area (Å²) in [6.45, 7) is 9.09. The van der Waals surface area contributed by atoms with Crippen LogP contribution in [0.15, 0.2) is 59.6 Å². The molecule has 27 heavy (non-hydrogen) atoms. The minimum atomic E-state index is -3.62. The topological polar surface area (TPSA) is 45.5 Å². The van der Waals surface area contributed by atoms with Crippen molar-refractivity contribution in [1.29, 1.82) is 0 Å². The molecule has 0 amide bonds. The molecule has 4 rings (SSSR count). The van der Waals surface area contributed by atoms with E-state index in [0.717, 1.165) is 54.9 Å². The van der Waals surface area contributed by atoms with Gasteiger partial charge in [-0.15, -0.1) is 0 Å². The predicted molar refractivity (Wildman–Crippen MR) is 110 cm³/mol. The number of nitrogens with zero attached hydrogens (tertiary/aromatic N) is 3. The monoisotopic (exact) mass is 383 g/mol. The van der Waals surface area contributed by atoms with E-state index in [9.17, 15) is 8.42 Å². The second-order valence-electron chi connectivity index (χ2n) is 7.01. The lowest BCUT2D eigenvalue weighted by Gasteiger charge is -2.35. The number of fused-ring (bicyclic) bond motifs is 1. The van der Waals surface area contributed by atoms with Crippen LogP contribution < -0.4 is 4.90 Å². The number of aromatic nitrogens is 1. The van der Waals surface area contributed by atoms with Gasteiger partial charge in [0.25, 0.3) is 10.0 Å². The van der Waals surface area contributed by atoms with Gasteiger partial charge in [-0.3, -0.25) is 0 Å². The average Bonchev–Trinajstić information content (AvgIpc) is 3.13. The number of benzene rings is 2. The third-order valence-corrected chi connectivity index (χ3v) is 7.31. The van der Waals surface area contributed by atoms with E-state index in [-0.39, 0.29) is 0 Å². The Bertz CT molecular complexity index is 1060. The van der Waals surface area contributed by atoms with Gasteiger partial charge in [-0.25, -0.2) is 12.4 Å². The molecule has 6 heteroatoms. The maximum Gasteiger partial charge on any atom is 0.268 e. The molecule has 1 fully saturated rings. The summed E-state index contributed by atoms with van der Waals surface area (Å²) in [7, 11) is -3.62. The molecule has 142 valence electrons. The second kappa shape index (κ2) is 7.02. The molecule has 1 saturated heterocycles. The molecule has 1 aliphatic heterocycles. The van der Waals surface area contributed by atoms with Crippen LogP contribution in [-0.2, 0) is 10.0 Å². The van der Waals surface area contributed by atoms with Crippen LogP contribution in [0, 0.1) is 6.92 Å². The summed E-state index contributed by atoms with van der Waals surface area (Å²) in [6.07, 6.45) is 1.68. The first-order valence-electron chi connectivity index (χ1n) is 9.41. The molecular weight excluding hydrogens is 358 g/mol. The third-order valence-electron chi connectivity index (χ3n) is 5.46. The molecule has 0 spiro atoms. The van der Waals surface area contributed by atoms with E-state index >= 15 is 0 Å². The fourth-order valence-electron chi connectivity index (χ4n) is 3.87. The number of anilines is 1. The standard InChI is InChI=1S/C21H25N3O2S/c1-3-22-13-15-23(16-14-22)19-8-6-9-20-18(19)11-12-24(20)27(25,26)21-10-5-4-7-17(21)2/h4-12H,3,13-16H2,1-2H3. The van der Waals surface area contributed by atoms with Crippen molar-refractivity contribution in [3.8, 4) is 0 Å². The number of rotatable bonds is 4. The van der Waals surface area contributed by atoms with Gasteiger partial charge in [0.2, 0.25) is 0 Å². The van der Waals surface area contributed by atoms with Gasteiger partial charge in [0.1, 0.15) is 0 Å². The molecule has 0 unspecified atom stereocenters. The number of piperazine rings is 1. The van der Waals surface area contributed by atoms with Gasteiger partial charge in [-0.2, -0.15) is 0 Å². The SMILES string of the molecule is CCN1CCN(c2cccc3c2ccn3S(=O)(=O)c2ccccc2C)CC1. The molecule has 1 aromatic heterocycles. The highest BCUT2D eigenvalue weighted by Crippen LogP contribution is 2.31. The zero-order chi connectivity index (χ0) is 19.0. The Hall–Kier alpha value is -2.31. The molecule has 2 aromatic carbocycles. The molecule has 5 nitrogen and oxygen atoms in total.